The van der Waals surface area contributed by atoms with Crippen molar-refractivity contribution < 1.29 is 9.53 Å². The van der Waals surface area contributed by atoms with E-state index in [0.717, 1.165) is 18.0 Å². The molecule has 1 saturated carbocycles. The average Bonchev–Trinajstić information content (AvgIpc) is 2.83. The van der Waals surface area contributed by atoms with E-state index in [1.165, 1.54) is 37.1 Å². The van der Waals surface area contributed by atoms with Crippen LogP contribution in [0.15, 0.2) is 12.3 Å². The number of pyridine rings is 1. The molecule has 0 aromatic carbocycles. The molecule has 3 aliphatic rings. The number of carbonyl (C=O) groups excluding carboxylic acids is 1. The normalized spacial score (nSPS) is 22.0. The van der Waals surface area contributed by atoms with Gasteiger partial charge in [0.1, 0.15) is 5.60 Å². The Bertz CT molecular complexity index is 653. The van der Waals surface area contributed by atoms with Crippen LogP contribution in [0.5, 0.6) is 0 Å². The lowest BCUT2D eigenvalue weighted by molar-refractivity contribution is 0.000765. The van der Waals surface area contributed by atoms with E-state index >= 15 is 0 Å². The molecule has 4 rings (SSSR count). The molecular formula is C19H27N3O2. The molecule has 5 heteroatoms. The molecule has 5 nitrogen and oxygen atoms in total. The fourth-order valence-corrected chi connectivity index (χ4v) is 4.37. The number of ether oxygens (including phenoxy) is 1. The standard InChI is InChI=1S/C19H27N3O2/c1-18(2,3)24-17(23)22-9-15-14(4-5-21-16(15)10-22)6-13-7-19(8-13)11-20-12-19/h4-5,13,20H,6-12H2,1-3H3. The molecule has 1 N–H and O–H groups in total. The molecule has 2 aliphatic heterocycles. The lowest BCUT2D eigenvalue weighted by atomic mass is 9.57. The van der Waals surface area contributed by atoms with Crippen molar-refractivity contribution in [2.75, 3.05) is 13.1 Å². The molecule has 1 aromatic rings. The van der Waals surface area contributed by atoms with Gasteiger partial charge in [-0.1, -0.05) is 0 Å². The van der Waals surface area contributed by atoms with E-state index in [1.54, 1.807) is 4.90 Å². The van der Waals surface area contributed by atoms with Crippen molar-refractivity contribution in [3.63, 3.8) is 0 Å². The number of aromatic nitrogens is 1. The summed E-state index contributed by atoms with van der Waals surface area (Å²) in [5.74, 6) is 0.786. The van der Waals surface area contributed by atoms with Gasteiger partial charge < -0.3 is 10.1 Å². The zero-order valence-corrected chi connectivity index (χ0v) is 14.9. The Morgan fingerprint density at radius 1 is 1.38 bits per heavy atom. The van der Waals surface area contributed by atoms with Crippen LogP contribution in [0.25, 0.3) is 0 Å². The molecular weight excluding hydrogens is 302 g/mol. The highest BCUT2D eigenvalue weighted by Gasteiger charge is 2.48. The van der Waals surface area contributed by atoms with Crippen molar-refractivity contribution in [3.05, 3.63) is 29.1 Å². The van der Waals surface area contributed by atoms with Crippen molar-refractivity contribution in [2.24, 2.45) is 11.3 Å². The van der Waals surface area contributed by atoms with Gasteiger partial charge in [0, 0.05) is 19.3 Å². The first-order valence-electron chi connectivity index (χ1n) is 8.98. The van der Waals surface area contributed by atoms with Gasteiger partial charge in [-0.3, -0.25) is 9.88 Å². The summed E-state index contributed by atoms with van der Waals surface area (Å²) in [5.41, 5.74) is 3.81. The second-order valence-electron chi connectivity index (χ2n) is 8.81. The average molecular weight is 329 g/mol. The first-order chi connectivity index (χ1) is 11.3. The molecule has 0 atom stereocenters. The summed E-state index contributed by atoms with van der Waals surface area (Å²) in [6.45, 7) is 9.30. The molecule has 130 valence electrons. The Balaban J connectivity index is 1.41. The van der Waals surface area contributed by atoms with Crippen molar-refractivity contribution in [3.8, 4) is 0 Å². The summed E-state index contributed by atoms with van der Waals surface area (Å²) in [4.78, 5) is 18.6. The molecule has 3 heterocycles. The van der Waals surface area contributed by atoms with E-state index in [4.69, 9.17) is 4.74 Å². The maximum atomic E-state index is 12.3. The van der Waals surface area contributed by atoms with E-state index in [-0.39, 0.29) is 6.09 Å². The molecule has 24 heavy (non-hydrogen) atoms. The maximum absolute atomic E-state index is 12.3. The third kappa shape index (κ3) is 2.90. The number of carbonyl (C=O) groups is 1. The minimum atomic E-state index is -0.459. The van der Waals surface area contributed by atoms with Crippen molar-refractivity contribution in [2.45, 2.75) is 58.7 Å². The minimum absolute atomic E-state index is 0.241. The molecule has 0 unspecified atom stereocenters. The molecule has 1 saturated heterocycles. The number of nitrogens with one attached hydrogen (secondary N) is 1. The number of fused-ring (bicyclic) bond motifs is 1. The fourth-order valence-electron chi connectivity index (χ4n) is 4.37. The minimum Gasteiger partial charge on any atom is -0.444 e. The van der Waals surface area contributed by atoms with Gasteiger partial charge in [-0.2, -0.15) is 0 Å². The Labute approximate surface area is 143 Å². The topological polar surface area (TPSA) is 54.5 Å². The molecule has 1 amide bonds. The predicted molar refractivity (Wildman–Crippen MR) is 91.4 cm³/mol. The van der Waals surface area contributed by atoms with Gasteiger partial charge in [-0.25, -0.2) is 4.79 Å². The van der Waals surface area contributed by atoms with E-state index in [9.17, 15) is 4.79 Å². The SMILES string of the molecule is CC(C)(C)OC(=O)N1Cc2nccc(CC3CC4(CNC4)C3)c2C1. The van der Waals surface area contributed by atoms with Crippen LogP contribution in [-0.2, 0) is 24.2 Å². The second-order valence-corrected chi connectivity index (χ2v) is 8.81. The molecule has 1 aromatic heterocycles. The predicted octanol–water partition coefficient (Wildman–Crippen LogP) is 2.87. The van der Waals surface area contributed by atoms with Gasteiger partial charge in [0.2, 0.25) is 0 Å². The van der Waals surface area contributed by atoms with Crippen LogP contribution in [0.4, 0.5) is 4.79 Å². The summed E-state index contributed by atoms with van der Waals surface area (Å²) in [6.07, 6.45) is 5.45. The van der Waals surface area contributed by atoms with Crippen LogP contribution in [0, 0.1) is 11.3 Å². The number of hydrogen-bond acceptors (Lipinski definition) is 4. The highest BCUT2D eigenvalue weighted by molar-refractivity contribution is 5.69. The van der Waals surface area contributed by atoms with Gasteiger partial charge in [-0.05, 0) is 68.6 Å². The Hall–Kier alpha value is -1.62. The van der Waals surface area contributed by atoms with Crippen LogP contribution in [-0.4, -0.2) is 34.7 Å². The number of amides is 1. The highest BCUT2D eigenvalue weighted by Crippen LogP contribution is 2.49. The van der Waals surface area contributed by atoms with Crippen LogP contribution in [0.1, 0.15) is 50.4 Å². The molecule has 2 fully saturated rings. The largest absolute Gasteiger partial charge is 0.444 e. The maximum Gasteiger partial charge on any atom is 0.410 e. The molecule has 0 bridgehead atoms. The second kappa shape index (κ2) is 5.45. The van der Waals surface area contributed by atoms with E-state index in [1.807, 2.05) is 27.0 Å². The van der Waals surface area contributed by atoms with Crippen LogP contribution < -0.4 is 5.32 Å². The van der Waals surface area contributed by atoms with Crippen molar-refractivity contribution in [1.29, 1.82) is 0 Å². The zero-order chi connectivity index (χ0) is 16.9. The van der Waals surface area contributed by atoms with Crippen molar-refractivity contribution in [1.82, 2.24) is 15.2 Å². The highest BCUT2D eigenvalue weighted by atomic mass is 16.6. The summed E-state index contributed by atoms with van der Waals surface area (Å²) in [7, 11) is 0. The zero-order valence-electron chi connectivity index (χ0n) is 14.9. The third-order valence-corrected chi connectivity index (χ3v) is 5.54. The number of rotatable bonds is 2. The molecule has 1 spiro atoms. The first kappa shape index (κ1) is 15.9. The quantitative estimate of drug-likeness (QED) is 0.906. The monoisotopic (exact) mass is 329 g/mol. The summed E-state index contributed by atoms with van der Waals surface area (Å²) in [6, 6.07) is 2.14. The van der Waals surface area contributed by atoms with Gasteiger partial charge >= 0.3 is 6.09 Å². The van der Waals surface area contributed by atoms with Crippen molar-refractivity contribution >= 4 is 6.09 Å². The lowest BCUT2D eigenvalue weighted by Gasteiger charge is -2.54. The van der Waals surface area contributed by atoms with Gasteiger partial charge in [0.15, 0.2) is 0 Å². The molecule has 0 radical (unpaired) electrons. The summed E-state index contributed by atoms with van der Waals surface area (Å²) in [5, 5.41) is 3.40. The van der Waals surface area contributed by atoms with Gasteiger partial charge in [0.05, 0.1) is 18.8 Å². The number of nitrogens with zero attached hydrogens (tertiary/aromatic N) is 2. The van der Waals surface area contributed by atoms with Crippen LogP contribution in [0.3, 0.4) is 0 Å². The van der Waals surface area contributed by atoms with E-state index < -0.39 is 5.60 Å². The van der Waals surface area contributed by atoms with Crippen LogP contribution in [0.2, 0.25) is 0 Å². The van der Waals surface area contributed by atoms with Gasteiger partial charge in [-0.15, -0.1) is 0 Å². The first-order valence-corrected chi connectivity index (χ1v) is 8.98. The smallest absolute Gasteiger partial charge is 0.410 e. The number of hydrogen-bond donors (Lipinski definition) is 1. The lowest BCUT2D eigenvalue weighted by Crippen LogP contribution is -2.60. The van der Waals surface area contributed by atoms with Gasteiger partial charge in [0.25, 0.3) is 0 Å². The van der Waals surface area contributed by atoms with E-state index in [2.05, 4.69) is 16.4 Å². The molecule has 1 aliphatic carbocycles. The van der Waals surface area contributed by atoms with E-state index in [0.29, 0.717) is 18.5 Å². The Morgan fingerprint density at radius 3 is 2.75 bits per heavy atom. The summed E-state index contributed by atoms with van der Waals surface area (Å²) >= 11 is 0. The van der Waals surface area contributed by atoms with Crippen LogP contribution >= 0.6 is 0 Å². The third-order valence-electron chi connectivity index (χ3n) is 5.54. The fraction of sp³-hybridized carbons (Fsp3) is 0.684. The Kier molecular flexibility index (Phi) is 3.60. The Morgan fingerprint density at radius 2 is 2.12 bits per heavy atom. The summed E-state index contributed by atoms with van der Waals surface area (Å²) < 4.78 is 5.51.